The molecule has 24 heavy (non-hydrogen) atoms. The van der Waals surface area contributed by atoms with Crippen molar-refractivity contribution in [2.24, 2.45) is 0 Å². The Labute approximate surface area is 145 Å². The summed E-state index contributed by atoms with van der Waals surface area (Å²) < 4.78 is 0. The Bertz CT molecular complexity index is 486. The van der Waals surface area contributed by atoms with Gasteiger partial charge in [0.2, 0.25) is 11.8 Å². The molecule has 2 amide bonds. The zero-order valence-corrected chi connectivity index (χ0v) is 14.6. The first kappa shape index (κ1) is 19.9. The fourth-order valence-corrected chi connectivity index (χ4v) is 2.50. The van der Waals surface area contributed by atoms with Gasteiger partial charge < -0.3 is 10.6 Å². The largest absolute Gasteiger partial charge is 0.353 e. The van der Waals surface area contributed by atoms with Crippen LogP contribution in [-0.4, -0.2) is 18.4 Å². The Kier molecular flexibility index (Phi) is 11.1. The molecule has 132 valence electrons. The highest BCUT2D eigenvalue weighted by molar-refractivity contribution is 5.90. The number of para-hydroxylation sites is 1. The quantitative estimate of drug-likeness (QED) is 0.415. The first-order valence-corrected chi connectivity index (χ1v) is 8.97. The molecule has 0 aliphatic heterocycles. The Morgan fingerprint density at radius 3 is 2.08 bits per heavy atom. The van der Waals surface area contributed by atoms with E-state index in [0.717, 1.165) is 37.9 Å². The highest BCUT2D eigenvalue weighted by Gasteiger charge is 2.01. The summed E-state index contributed by atoms with van der Waals surface area (Å²) in [6, 6.07) is 9.58. The summed E-state index contributed by atoms with van der Waals surface area (Å²) >= 11 is 0. The summed E-state index contributed by atoms with van der Waals surface area (Å²) in [5.74, 6) is 0.00840. The van der Waals surface area contributed by atoms with Crippen LogP contribution in [-0.2, 0) is 9.59 Å². The minimum atomic E-state index is -0.0914. The van der Waals surface area contributed by atoms with Crippen molar-refractivity contribution >= 4 is 17.5 Å². The molecule has 2 N–H and O–H groups in total. The maximum absolute atomic E-state index is 11.8. The van der Waals surface area contributed by atoms with E-state index in [0.29, 0.717) is 6.42 Å². The molecule has 0 heterocycles. The van der Waals surface area contributed by atoms with Crippen LogP contribution < -0.4 is 10.6 Å². The topological polar surface area (TPSA) is 58.2 Å². The van der Waals surface area contributed by atoms with Crippen LogP contribution in [0.4, 0.5) is 5.69 Å². The summed E-state index contributed by atoms with van der Waals surface area (Å²) in [7, 11) is 0. The smallest absolute Gasteiger partial charge is 0.243 e. The number of rotatable bonds is 13. The van der Waals surface area contributed by atoms with E-state index in [9.17, 15) is 9.59 Å². The van der Waals surface area contributed by atoms with E-state index in [1.807, 2.05) is 30.3 Å². The third-order valence-electron chi connectivity index (χ3n) is 3.87. The summed E-state index contributed by atoms with van der Waals surface area (Å²) in [5, 5.41) is 5.69. The molecular formula is C20H30N2O2. The number of carbonyl (C=O) groups excluding carboxylic acids is 2. The molecular weight excluding hydrogens is 300 g/mol. The van der Waals surface area contributed by atoms with Gasteiger partial charge in [-0.1, -0.05) is 63.3 Å². The number of benzene rings is 1. The molecule has 1 aromatic carbocycles. The second-order valence-electron chi connectivity index (χ2n) is 5.99. The van der Waals surface area contributed by atoms with E-state index in [-0.39, 0.29) is 11.8 Å². The lowest BCUT2D eigenvalue weighted by atomic mass is 10.1. The molecule has 0 saturated heterocycles. The first-order chi connectivity index (χ1) is 11.7. The highest BCUT2D eigenvalue weighted by Crippen LogP contribution is 2.11. The van der Waals surface area contributed by atoms with E-state index in [1.54, 1.807) is 0 Å². The Balaban J connectivity index is 1.86. The van der Waals surface area contributed by atoms with Crippen molar-refractivity contribution in [1.29, 1.82) is 0 Å². The molecule has 1 rings (SSSR count). The highest BCUT2D eigenvalue weighted by atomic mass is 16.2. The van der Waals surface area contributed by atoms with Gasteiger partial charge in [-0.05, 0) is 31.1 Å². The molecule has 0 aliphatic carbocycles. The first-order valence-electron chi connectivity index (χ1n) is 8.97. The SMILES string of the molecule is C=CC(=O)NCCCCCCCCCCC(=O)Nc1ccccc1. The van der Waals surface area contributed by atoms with E-state index < -0.39 is 0 Å². The van der Waals surface area contributed by atoms with Gasteiger partial charge in [-0.15, -0.1) is 0 Å². The zero-order valence-electron chi connectivity index (χ0n) is 14.6. The van der Waals surface area contributed by atoms with Crippen LogP contribution in [0, 0.1) is 0 Å². The van der Waals surface area contributed by atoms with Gasteiger partial charge in [0.25, 0.3) is 0 Å². The van der Waals surface area contributed by atoms with Crippen LogP contribution in [0.1, 0.15) is 57.8 Å². The van der Waals surface area contributed by atoms with Crippen LogP contribution >= 0.6 is 0 Å². The summed E-state index contributed by atoms with van der Waals surface area (Å²) in [4.78, 5) is 22.7. The van der Waals surface area contributed by atoms with E-state index >= 15 is 0 Å². The van der Waals surface area contributed by atoms with E-state index in [1.165, 1.54) is 31.8 Å². The van der Waals surface area contributed by atoms with Crippen LogP contribution in [0.5, 0.6) is 0 Å². The second kappa shape index (κ2) is 13.3. The number of hydrogen-bond acceptors (Lipinski definition) is 2. The average molecular weight is 330 g/mol. The Morgan fingerprint density at radius 2 is 1.46 bits per heavy atom. The monoisotopic (exact) mass is 330 g/mol. The van der Waals surface area contributed by atoms with Crippen LogP contribution in [0.25, 0.3) is 0 Å². The molecule has 0 bridgehead atoms. The van der Waals surface area contributed by atoms with Gasteiger partial charge in [-0.3, -0.25) is 9.59 Å². The molecule has 0 aromatic heterocycles. The average Bonchev–Trinajstić information content (AvgIpc) is 2.60. The predicted molar refractivity (Wildman–Crippen MR) is 99.8 cm³/mol. The van der Waals surface area contributed by atoms with Crippen molar-refractivity contribution in [2.45, 2.75) is 57.8 Å². The van der Waals surface area contributed by atoms with Crippen LogP contribution in [0.3, 0.4) is 0 Å². The van der Waals surface area contributed by atoms with Gasteiger partial charge in [0, 0.05) is 18.7 Å². The van der Waals surface area contributed by atoms with Gasteiger partial charge in [-0.2, -0.15) is 0 Å². The number of unbranched alkanes of at least 4 members (excludes halogenated alkanes) is 7. The maximum Gasteiger partial charge on any atom is 0.243 e. The Morgan fingerprint density at radius 1 is 0.875 bits per heavy atom. The van der Waals surface area contributed by atoms with Crippen molar-refractivity contribution in [1.82, 2.24) is 5.32 Å². The van der Waals surface area contributed by atoms with Gasteiger partial charge in [-0.25, -0.2) is 0 Å². The zero-order chi connectivity index (χ0) is 17.5. The third kappa shape index (κ3) is 10.6. The minimum absolute atomic E-state index is 0.0914. The summed E-state index contributed by atoms with van der Waals surface area (Å²) in [6.07, 6.45) is 11.0. The lowest BCUT2D eigenvalue weighted by molar-refractivity contribution is -0.117. The van der Waals surface area contributed by atoms with E-state index in [2.05, 4.69) is 17.2 Å². The van der Waals surface area contributed by atoms with E-state index in [4.69, 9.17) is 0 Å². The molecule has 0 spiro atoms. The fraction of sp³-hybridized carbons (Fsp3) is 0.500. The number of carbonyl (C=O) groups is 2. The number of amides is 2. The second-order valence-corrected chi connectivity index (χ2v) is 5.99. The molecule has 0 unspecified atom stereocenters. The number of anilines is 1. The summed E-state index contributed by atoms with van der Waals surface area (Å²) in [5.41, 5.74) is 0.867. The molecule has 1 aromatic rings. The van der Waals surface area contributed by atoms with Crippen molar-refractivity contribution in [3.8, 4) is 0 Å². The summed E-state index contributed by atoms with van der Waals surface area (Å²) in [6.45, 7) is 4.16. The molecule has 4 nitrogen and oxygen atoms in total. The molecule has 4 heteroatoms. The van der Waals surface area contributed by atoms with Crippen LogP contribution in [0.2, 0.25) is 0 Å². The molecule has 0 radical (unpaired) electrons. The van der Waals surface area contributed by atoms with Gasteiger partial charge >= 0.3 is 0 Å². The van der Waals surface area contributed by atoms with Crippen molar-refractivity contribution in [2.75, 3.05) is 11.9 Å². The third-order valence-corrected chi connectivity index (χ3v) is 3.87. The predicted octanol–water partition coefficient (Wildman–Crippen LogP) is 4.44. The van der Waals surface area contributed by atoms with Crippen molar-refractivity contribution < 1.29 is 9.59 Å². The lowest BCUT2D eigenvalue weighted by Gasteiger charge is -2.05. The minimum Gasteiger partial charge on any atom is -0.353 e. The van der Waals surface area contributed by atoms with Gasteiger partial charge in [0.15, 0.2) is 0 Å². The maximum atomic E-state index is 11.8. The van der Waals surface area contributed by atoms with Crippen molar-refractivity contribution in [3.63, 3.8) is 0 Å². The Hall–Kier alpha value is -2.10. The molecule has 0 fully saturated rings. The lowest BCUT2D eigenvalue weighted by Crippen LogP contribution is -2.21. The van der Waals surface area contributed by atoms with Gasteiger partial charge in [0.1, 0.15) is 0 Å². The number of hydrogen-bond donors (Lipinski definition) is 2. The van der Waals surface area contributed by atoms with Gasteiger partial charge in [0.05, 0.1) is 0 Å². The number of nitrogens with one attached hydrogen (secondary N) is 2. The molecule has 0 saturated carbocycles. The van der Waals surface area contributed by atoms with Crippen molar-refractivity contribution in [3.05, 3.63) is 43.0 Å². The standard InChI is InChI=1S/C20H30N2O2/c1-2-19(23)21-17-13-8-6-4-3-5-7-12-16-20(24)22-18-14-10-9-11-15-18/h2,9-11,14-15H,1,3-8,12-13,16-17H2,(H,21,23)(H,22,24). The molecule has 0 atom stereocenters. The van der Waals surface area contributed by atoms with Crippen LogP contribution in [0.15, 0.2) is 43.0 Å². The molecule has 0 aliphatic rings. The normalized spacial score (nSPS) is 10.2. The fourth-order valence-electron chi connectivity index (χ4n) is 2.50.